The van der Waals surface area contributed by atoms with Crippen molar-refractivity contribution in [2.75, 3.05) is 6.54 Å². The monoisotopic (exact) mass is 238 g/mol. The number of aliphatic hydroxyl groups excluding tert-OH is 1. The minimum atomic E-state index is -0.298. The molecule has 5 N–H and O–H groups in total. The number of nitrogens with one attached hydrogen (secondary N) is 1. The predicted octanol–water partition coefficient (Wildman–Crippen LogP) is 0.0366. The van der Waals surface area contributed by atoms with Gasteiger partial charge < -0.3 is 21.4 Å². The van der Waals surface area contributed by atoms with Crippen LogP contribution in [0.3, 0.4) is 0 Å². The largest absolute Gasteiger partial charge is 0.409 e. The molecule has 0 bridgehead atoms. The second-order valence-corrected chi connectivity index (χ2v) is 3.85. The molecule has 94 valence electrons. The van der Waals surface area contributed by atoms with Gasteiger partial charge in [-0.2, -0.15) is 0 Å². The summed E-state index contributed by atoms with van der Waals surface area (Å²) in [7, 11) is 0. The molecule has 1 aromatic rings. The Labute approximate surface area is 100 Å². The molecule has 1 rings (SSSR count). The zero-order valence-corrected chi connectivity index (χ0v) is 9.80. The zero-order chi connectivity index (χ0) is 12.7. The van der Waals surface area contributed by atoms with E-state index in [0.717, 1.165) is 12.1 Å². The highest BCUT2D eigenvalue weighted by Crippen LogP contribution is 2.01. The summed E-state index contributed by atoms with van der Waals surface area (Å²) < 4.78 is 0. The van der Waals surface area contributed by atoms with E-state index in [4.69, 9.17) is 16.0 Å². The van der Waals surface area contributed by atoms with Gasteiger partial charge in [-0.1, -0.05) is 5.16 Å². The first-order valence-corrected chi connectivity index (χ1v) is 5.45. The van der Waals surface area contributed by atoms with Crippen LogP contribution in [0.25, 0.3) is 0 Å². The number of hydrogen-bond acceptors (Lipinski definition) is 5. The maximum Gasteiger partial charge on any atom is 0.188 e. The fourth-order valence-electron chi connectivity index (χ4n) is 1.32. The van der Waals surface area contributed by atoms with Crippen molar-refractivity contribution in [3.05, 3.63) is 29.6 Å². The van der Waals surface area contributed by atoms with Crippen molar-refractivity contribution < 1.29 is 10.3 Å². The Kier molecular flexibility index (Phi) is 5.38. The summed E-state index contributed by atoms with van der Waals surface area (Å²) in [4.78, 5) is 3.98. The van der Waals surface area contributed by atoms with Crippen LogP contribution in [0.5, 0.6) is 0 Å². The Hall–Kier alpha value is -1.66. The number of amidine groups is 1. The van der Waals surface area contributed by atoms with Crippen molar-refractivity contribution >= 4 is 5.84 Å². The van der Waals surface area contributed by atoms with E-state index < -0.39 is 0 Å². The summed E-state index contributed by atoms with van der Waals surface area (Å²) in [6.07, 6.45) is 2.02. The zero-order valence-electron chi connectivity index (χ0n) is 9.80. The van der Waals surface area contributed by atoms with Gasteiger partial charge in [0.15, 0.2) is 5.84 Å². The van der Waals surface area contributed by atoms with Crippen LogP contribution in [0, 0.1) is 0 Å². The van der Waals surface area contributed by atoms with Crippen LogP contribution >= 0.6 is 0 Å². The summed E-state index contributed by atoms with van der Waals surface area (Å²) >= 11 is 0. The number of rotatable bonds is 6. The average Bonchev–Trinajstić information content (AvgIpc) is 2.34. The van der Waals surface area contributed by atoms with Crippen LogP contribution in [0.2, 0.25) is 0 Å². The van der Waals surface area contributed by atoms with Gasteiger partial charge in [0.05, 0.1) is 6.10 Å². The van der Waals surface area contributed by atoms with Gasteiger partial charge in [0.1, 0.15) is 5.69 Å². The van der Waals surface area contributed by atoms with E-state index in [-0.39, 0.29) is 11.9 Å². The third-order valence-corrected chi connectivity index (χ3v) is 2.26. The second kappa shape index (κ2) is 6.82. The Bertz CT molecular complexity index is 379. The molecule has 0 saturated heterocycles. The molecule has 1 unspecified atom stereocenters. The number of oxime groups is 1. The van der Waals surface area contributed by atoms with E-state index in [2.05, 4.69) is 15.5 Å². The lowest BCUT2D eigenvalue weighted by Gasteiger charge is -2.07. The van der Waals surface area contributed by atoms with Crippen molar-refractivity contribution in [2.24, 2.45) is 10.9 Å². The van der Waals surface area contributed by atoms with Gasteiger partial charge >= 0.3 is 0 Å². The van der Waals surface area contributed by atoms with E-state index in [1.54, 1.807) is 19.2 Å². The van der Waals surface area contributed by atoms with Crippen LogP contribution < -0.4 is 11.1 Å². The lowest BCUT2D eigenvalue weighted by Crippen LogP contribution is -2.20. The minimum absolute atomic E-state index is 0.00386. The first-order chi connectivity index (χ1) is 8.13. The van der Waals surface area contributed by atoms with Gasteiger partial charge in [-0.3, -0.25) is 4.98 Å². The van der Waals surface area contributed by atoms with Gasteiger partial charge in [0, 0.05) is 12.7 Å². The Morgan fingerprint density at radius 2 is 2.41 bits per heavy atom. The first-order valence-electron chi connectivity index (χ1n) is 5.45. The van der Waals surface area contributed by atoms with Gasteiger partial charge in [0.25, 0.3) is 0 Å². The smallest absolute Gasteiger partial charge is 0.188 e. The molecule has 0 aromatic carbocycles. The van der Waals surface area contributed by atoms with Crippen LogP contribution in [-0.4, -0.2) is 33.8 Å². The van der Waals surface area contributed by atoms with Crippen molar-refractivity contribution in [3.63, 3.8) is 0 Å². The summed E-state index contributed by atoms with van der Waals surface area (Å²) in [5, 5.41) is 23.7. The molecule has 0 radical (unpaired) electrons. The van der Waals surface area contributed by atoms with E-state index in [1.165, 1.54) is 0 Å². The highest BCUT2D eigenvalue weighted by Gasteiger charge is 2.02. The first kappa shape index (κ1) is 13.4. The fraction of sp³-hybridized carbons (Fsp3) is 0.455. The Morgan fingerprint density at radius 3 is 3.06 bits per heavy atom. The Morgan fingerprint density at radius 1 is 1.65 bits per heavy atom. The molecule has 6 heteroatoms. The lowest BCUT2D eigenvalue weighted by atomic mass is 10.2. The molecule has 6 nitrogen and oxygen atoms in total. The normalized spacial score (nSPS) is 13.6. The number of aromatic nitrogens is 1. The maximum atomic E-state index is 9.09. The molecule has 1 atom stereocenters. The third kappa shape index (κ3) is 4.80. The standard InChI is InChI=1S/C11H18N4O2/c1-8(16)2-4-13-7-9-3-5-14-10(6-9)11(12)15-17/h3,5-6,8,13,16-17H,2,4,7H2,1H3,(H2,12,15). The molecular formula is C11H18N4O2. The van der Waals surface area contributed by atoms with Gasteiger partial charge in [-0.25, -0.2) is 0 Å². The van der Waals surface area contributed by atoms with Crippen LogP contribution in [0.4, 0.5) is 0 Å². The molecule has 0 spiro atoms. The van der Waals surface area contributed by atoms with E-state index in [9.17, 15) is 0 Å². The fourth-order valence-corrected chi connectivity index (χ4v) is 1.32. The molecular weight excluding hydrogens is 220 g/mol. The molecule has 1 aromatic heterocycles. The van der Waals surface area contributed by atoms with Gasteiger partial charge in [0.2, 0.25) is 0 Å². The minimum Gasteiger partial charge on any atom is -0.409 e. The third-order valence-electron chi connectivity index (χ3n) is 2.26. The highest BCUT2D eigenvalue weighted by atomic mass is 16.4. The number of nitrogens with two attached hydrogens (primary N) is 1. The summed E-state index contributed by atoms with van der Waals surface area (Å²) in [6.45, 7) is 3.14. The molecule has 0 fully saturated rings. The van der Waals surface area contributed by atoms with Crippen molar-refractivity contribution in [3.8, 4) is 0 Å². The molecule has 0 saturated carbocycles. The summed E-state index contributed by atoms with van der Waals surface area (Å²) in [5.74, 6) is -0.00386. The number of nitrogens with zero attached hydrogens (tertiary/aromatic N) is 2. The van der Waals surface area contributed by atoms with Crippen molar-refractivity contribution in [1.29, 1.82) is 0 Å². The van der Waals surface area contributed by atoms with Crippen LogP contribution in [-0.2, 0) is 6.54 Å². The predicted molar refractivity (Wildman–Crippen MR) is 64.8 cm³/mol. The summed E-state index contributed by atoms with van der Waals surface area (Å²) in [6, 6.07) is 3.61. The topological polar surface area (TPSA) is 104 Å². The number of aliphatic hydroxyl groups is 1. The quantitative estimate of drug-likeness (QED) is 0.184. The van der Waals surface area contributed by atoms with E-state index in [0.29, 0.717) is 18.7 Å². The van der Waals surface area contributed by atoms with Gasteiger partial charge in [-0.05, 0) is 37.6 Å². The molecule has 0 amide bonds. The Balaban J connectivity index is 2.49. The molecule has 0 aliphatic carbocycles. The van der Waals surface area contributed by atoms with E-state index in [1.807, 2.05) is 6.07 Å². The molecule has 0 aliphatic rings. The lowest BCUT2D eigenvalue weighted by molar-refractivity contribution is 0.183. The average molecular weight is 238 g/mol. The SMILES string of the molecule is CC(O)CCNCc1ccnc(C(N)=NO)c1. The van der Waals surface area contributed by atoms with Crippen LogP contribution in [0.15, 0.2) is 23.5 Å². The van der Waals surface area contributed by atoms with Gasteiger partial charge in [-0.15, -0.1) is 0 Å². The van der Waals surface area contributed by atoms with Crippen molar-refractivity contribution in [1.82, 2.24) is 10.3 Å². The molecule has 0 aliphatic heterocycles. The molecule has 17 heavy (non-hydrogen) atoms. The second-order valence-electron chi connectivity index (χ2n) is 3.85. The molecule has 1 heterocycles. The highest BCUT2D eigenvalue weighted by molar-refractivity contribution is 5.95. The van der Waals surface area contributed by atoms with Crippen molar-refractivity contribution in [2.45, 2.75) is 26.0 Å². The number of pyridine rings is 1. The van der Waals surface area contributed by atoms with Crippen LogP contribution in [0.1, 0.15) is 24.6 Å². The van der Waals surface area contributed by atoms with E-state index >= 15 is 0 Å². The summed E-state index contributed by atoms with van der Waals surface area (Å²) in [5.41, 5.74) is 6.88. The maximum absolute atomic E-state index is 9.09. The number of hydrogen-bond donors (Lipinski definition) is 4.